The van der Waals surface area contributed by atoms with Crippen LogP contribution in [0.15, 0.2) is 34.9 Å². The molecule has 1 fully saturated rings. The van der Waals surface area contributed by atoms with E-state index in [2.05, 4.69) is 15.8 Å². The minimum atomic E-state index is -0.238. The van der Waals surface area contributed by atoms with Crippen molar-refractivity contribution in [1.82, 2.24) is 10.5 Å². The zero-order valence-corrected chi connectivity index (χ0v) is 16.4. The summed E-state index contributed by atoms with van der Waals surface area (Å²) in [6.07, 6.45) is 1.50. The van der Waals surface area contributed by atoms with Crippen LogP contribution in [0.4, 0.5) is 11.5 Å². The third kappa shape index (κ3) is 5.59. The lowest BCUT2D eigenvalue weighted by atomic mass is 10.2. The molecule has 1 aromatic carbocycles. The van der Waals surface area contributed by atoms with Crippen molar-refractivity contribution in [3.8, 4) is 0 Å². The van der Waals surface area contributed by atoms with Gasteiger partial charge in [0, 0.05) is 31.3 Å². The molecule has 9 heteroatoms. The molecule has 2 N–H and O–H groups in total. The topological polar surface area (TPSA) is 105 Å². The second-order valence-electron chi connectivity index (χ2n) is 6.46. The highest BCUT2D eigenvalue weighted by Crippen LogP contribution is 2.21. The van der Waals surface area contributed by atoms with Crippen LogP contribution in [0.1, 0.15) is 24.2 Å². The van der Waals surface area contributed by atoms with Crippen molar-refractivity contribution in [3.63, 3.8) is 0 Å². The third-order valence-corrected chi connectivity index (χ3v) is 5.11. The van der Waals surface area contributed by atoms with Crippen LogP contribution in [0.3, 0.4) is 0 Å². The fourth-order valence-corrected chi connectivity index (χ4v) is 3.45. The number of rotatable bonds is 8. The Labute approximate surface area is 167 Å². The van der Waals surface area contributed by atoms with Gasteiger partial charge in [-0.1, -0.05) is 17.3 Å². The maximum atomic E-state index is 11.9. The molecule has 1 saturated heterocycles. The van der Waals surface area contributed by atoms with Crippen molar-refractivity contribution in [3.05, 3.63) is 41.7 Å². The number of benzene rings is 1. The van der Waals surface area contributed by atoms with Crippen LogP contribution >= 0.6 is 11.8 Å². The Morgan fingerprint density at radius 3 is 2.61 bits per heavy atom. The smallest absolute Gasteiger partial charge is 0.235 e. The van der Waals surface area contributed by atoms with Crippen LogP contribution in [0, 0.1) is 6.92 Å². The summed E-state index contributed by atoms with van der Waals surface area (Å²) in [6, 6.07) is 9.23. The van der Waals surface area contributed by atoms with Crippen molar-refractivity contribution in [2.24, 2.45) is 0 Å². The molecular weight excluding hydrogens is 380 g/mol. The summed E-state index contributed by atoms with van der Waals surface area (Å²) in [5.74, 6) is 1.09. The molecule has 0 atom stereocenters. The Morgan fingerprint density at radius 1 is 1.21 bits per heavy atom. The second kappa shape index (κ2) is 9.41. The highest BCUT2D eigenvalue weighted by molar-refractivity contribution is 8.00. The largest absolute Gasteiger partial charge is 0.360 e. The number of hydrogen-bond donors (Lipinski definition) is 2. The van der Waals surface area contributed by atoms with Gasteiger partial charge in [-0.3, -0.25) is 14.4 Å². The normalized spacial score (nSPS) is 13.6. The maximum Gasteiger partial charge on any atom is 0.235 e. The first-order chi connectivity index (χ1) is 13.5. The van der Waals surface area contributed by atoms with Crippen molar-refractivity contribution in [2.75, 3.05) is 28.3 Å². The summed E-state index contributed by atoms with van der Waals surface area (Å²) in [4.78, 5) is 37.2. The SMILES string of the molecule is Cc1cc(NC(=O)CSCC(=O)NCc2ccc(N3CCCC3=O)cc2)no1. The van der Waals surface area contributed by atoms with Crippen LogP contribution in [0.2, 0.25) is 0 Å². The number of hydrogen-bond acceptors (Lipinski definition) is 6. The number of anilines is 2. The molecule has 148 valence electrons. The van der Waals surface area contributed by atoms with E-state index in [4.69, 9.17) is 4.52 Å². The Bertz CT molecular complexity index is 850. The van der Waals surface area contributed by atoms with Gasteiger partial charge in [-0.15, -0.1) is 11.8 Å². The van der Waals surface area contributed by atoms with Crippen LogP contribution in [0.25, 0.3) is 0 Å². The molecule has 1 aliphatic rings. The average molecular weight is 402 g/mol. The average Bonchev–Trinajstić information content (AvgIpc) is 3.28. The number of nitrogens with zero attached hydrogens (tertiary/aromatic N) is 2. The highest BCUT2D eigenvalue weighted by Gasteiger charge is 2.21. The Kier molecular flexibility index (Phi) is 6.70. The Hall–Kier alpha value is -2.81. The number of aromatic nitrogens is 1. The quantitative estimate of drug-likeness (QED) is 0.701. The summed E-state index contributed by atoms with van der Waals surface area (Å²) in [7, 11) is 0. The molecule has 28 heavy (non-hydrogen) atoms. The number of thioether (sulfide) groups is 1. The number of carbonyl (C=O) groups is 3. The summed E-state index contributed by atoms with van der Waals surface area (Å²) >= 11 is 1.22. The first-order valence-corrected chi connectivity index (χ1v) is 10.1. The zero-order valence-electron chi connectivity index (χ0n) is 15.6. The van der Waals surface area contributed by atoms with Gasteiger partial charge >= 0.3 is 0 Å². The fraction of sp³-hybridized carbons (Fsp3) is 0.368. The summed E-state index contributed by atoms with van der Waals surface area (Å²) in [5.41, 5.74) is 1.84. The summed E-state index contributed by atoms with van der Waals surface area (Å²) in [5, 5.41) is 9.11. The van der Waals surface area contributed by atoms with E-state index >= 15 is 0 Å². The summed E-state index contributed by atoms with van der Waals surface area (Å²) < 4.78 is 4.87. The van der Waals surface area contributed by atoms with E-state index in [-0.39, 0.29) is 29.2 Å². The van der Waals surface area contributed by atoms with Crippen LogP contribution in [0.5, 0.6) is 0 Å². The number of aryl methyl sites for hydroxylation is 1. The first kappa shape index (κ1) is 19.9. The molecule has 2 aromatic rings. The minimum Gasteiger partial charge on any atom is -0.360 e. The van der Waals surface area contributed by atoms with Gasteiger partial charge in [0.05, 0.1) is 11.5 Å². The second-order valence-corrected chi connectivity index (χ2v) is 7.44. The number of carbonyl (C=O) groups excluding carboxylic acids is 3. The van der Waals surface area contributed by atoms with Gasteiger partial charge in [-0.05, 0) is 31.0 Å². The van der Waals surface area contributed by atoms with Gasteiger partial charge < -0.3 is 20.1 Å². The molecule has 1 aliphatic heterocycles. The minimum absolute atomic E-state index is 0.145. The third-order valence-electron chi connectivity index (χ3n) is 4.17. The van der Waals surface area contributed by atoms with E-state index in [1.54, 1.807) is 17.9 Å². The van der Waals surface area contributed by atoms with Crippen LogP contribution < -0.4 is 15.5 Å². The van der Waals surface area contributed by atoms with Crippen molar-refractivity contribution in [2.45, 2.75) is 26.3 Å². The van der Waals surface area contributed by atoms with Gasteiger partial charge in [-0.25, -0.2) is 0 Å². The fourth-order valence-electron chi connectivity index (χ4n) is 2.81. The number of amides is 3. The number of nitrogens with one attached hydrogen (secondary N) is 2. The lowest BCUT2D eigenvalue weighted by Gasteiger charge is -2.16. The molecular formula is C19H22N4O4S. The Balaban J connectivity index is 1.35. The molecule has 1 aromatic heterocycles. The van der Waals surface area contributed by atoms with Crippen LogP contribution in [-0.4, -0.2) is 40.9 Å². The van der Waals surface area contributed by atoms with Crippen molar-refractivity contribution in [1.29, 1.82) is 0 Å². The van der Waals surface area contributed by atoms with E-state index in [1.807, 2.05) is 24.3 Å². The molecule has 0 aliphatic carbocycles. The predicted octanol–water partition coefficient (Wildman–Crippen LogP) is 2.10. The van der Waals surface area contributed by atoms with Crippen LogP contribution in [-0.2, 0) is 20.9 Å². The molecule has 3 rings (SSSR count). The summed E-state index contributed by atoms with van der Waals surface area (Å²) in [6.45, 7) is 2.90. The van der Waals surface area contributed by atoms with E-state index in [0.29, 0.717) is 24.5 Å². The van der Waals surface area contributed by atoms with E-state index in [1.165, 1.54) is 11.8 Å². The standard InChI is InChI=1S/C19H22N4O4S/c1-13-9-16(22-27-13)21-18(25)12-28-11-17(24)20-10-14-4-6-15(7-5-14)23-8-2-3-19(23)26/h4-7,9H,2-3,8,10-12H2,1H3,(H,20,24)(H,21,22,25). The van der Waals surface area contributed by atoms with Crippen molar-refractivity contribution < 1.29 is 18.9 Å². The Morgan fingerprint density at radius 2 is 1.96 bits per heavy atom. The molecule has 0 unspecified atom stereocenters. The highest BCUT2D eigenvalue weighted by atomic mass is 32.2. The monoisotopic (exact) mass is 402 g/mol. The maximum absolute atomic E-state index is 11.9. The first-order valence-electron chi connectivity index (χ1n) is 8.98. The molecule has 0 radical (unpaired) electrons. The van der Waals surface area contributed by atoms with Gasteiger partial charge in [0.25, 0.3) is 0 Å². The van der Waals surface area contributed by atoms with Gasteiger partial charge in [0.1, 0.15) is 5.76 Å². The van der Waals surface area contributed by atoms with E-state index < -0.39 is 0 Å². The molecule has 0 bridgehead atoms. The zero-order chi connectivity index (χ0) is 19.9. The molecule has 0 spiro atoms. The van der Waals surface area contributed by atoms with Gasteiger partial charge in [0.15, 0.2) is 5.82 Å². The lowest BCUT2D eigenvalue weighted by molar-refractivity contribution is -0.119. The molecule has 0 saturated carbocycles. The molecule has 2 heterocycles. The molecule has 3 amide bonds. The lowest BCUT2D eigenvalue weighted by Crippen LogP contribution is -2.26. The van der Waals surface area contributed by atoms with E-state index in [9.17, 15) is 14.4 Å². The molecule has 8 nitrogen and oxygen atoms in total. The van der Waals surface area contributed by atoms with Gasteiger partial charge in [0.2, 0.25) is 17.7 Å². The van der Waals surface area contributed by atoms with E-state index in [0.717, 1.165) is 24.2 Å². The predicted molar refractivity (Wildman–Crippen MR) is 107 cm³/mol. The van der Waals surface area contributed by atoms with Gasteiger partial charge in [-0.2, -0.15) is 0 Å². The van der Waals surface area contributed by atoms with Crippen molar-refractivity contribution >= 4 is 41.0 Å².